The van der Waals surface area contributed by atoms with Gasteiger partial charge in [-0.25, -0.2) is 4.39 Å². The molecule has 0 bridgehead atoms. The van der Waals surface area contributed by atoms with Crippen LogP contribution in [0.4, 0.5) is 4.39 Å². The monoisotopic (exact) mass is 366 g/mol. The number of benzene rings is 1. The number of carbonyl (C=O) groups excluding carboxylic acids is 1. The lowest BCUT2D eigenvalue weighted by atomic mass is 9.96. The summed E-state index contributed by atoms with van der Waals surface area (Å²) in [6.45, 7) is 1.23. The molecule has 1 aliphatic heterocycles. The standard InChI is InChI=1S/C20H19FN4O2/c21-16-7-3-5-14(11-16)12-18(26)25-10-4-6-15(13-25)19-23-20(27-24-19)17-8-1-2-9-22-17/h1-3,5,7-9,11,15H,4,6,10,12-13H2. The van der Waals surface area contributed by atoms with Crippen LogP contribution in [0.15, 0.2) is 53.2 Å². The SMILES string of the molecule is O=C(Cc1cccc(F)c1)N1CCCC(c2noc(-c3ccccn3)n2)C1. The highest BCUT2D eigenvalue weighted by Gasteiger charge is 2.28. The van der Waals surface area contributed by atoms with Gasteiger partial charge in [0.1, 0.15) is 11.5 Å². The van der Waals surface area contributed by atoms with Crippen LogP contribution >= 0.6 is 0 Å². The molecule has 1 saturated heterocycles. The van der Waals surface area contributed by atoms with Gasteiger partial charge in [-0.15, -0.1) is 0 Å². The summed E-state index contributed by atoms with van der Waals surface area (Å²) in [5.74, 6) is 0.661. The molecule has 0 aliphatic carbocycles. The first kappa shape index (κ1) is 17.3. The number of hydrogen-bond donors (Lipinski definition) is 0. The first-order valence-corrected chi connectivity index (χ1v) is 8.96. The van der Waals surface area contributed by atoms with Gasteiger partial charge in [-0.1, -0.05) is 23.4 Å². The van der Waals surface area contributed by atoms with Gasteiger partial charge in [0.25, 0.3) is 5.89 Å². The van der Waals surface area contributed by atoms with Gasteiger partial charge in [0, 0.05) is 25.2 Å². The maximum absolute atomic E-state index is 13.3. The van der Waals surface area contributed by atoms with Gasteiger partial charge in [0.05, 0.1) is 6.42 Å². The molecule has 0 radical (unpaired) electrons. The van der Waals surface area contributed by atoms with Gasteiger partial charge in [-0.3, -0.25) is 9.78 Å². The predicted molar refractivity (Wildman–Crippen MR) is 96.2 cm³/mol. The topological polar surface area (TPSA) is 72.1 Å². The van der Waals surface area contributed by atoms with Gasteiger partial charge in [-0.05, 0) is 42.7 Å². The minimum Gasteiger partial charge on any atom is -0.342 e. The minimum atomic E-state index is -0.328. The van der Waals surface area contributed by atoms with E-state index in [-0.39, 0.29) is 24.1 Å². The molecule has 1 aromatic carbocycles. The summed E-state index contributed by atoms with van der Waals surface area (Å²) in [6, 6.07) is 11.7. The molecule has 2 aromatic heterocycles. The molecule has 0 spiro atoms. The van der Waals surface area contributed by atoms with E-state index >= 15 is 0 Å². The zero-order valence-corrected chi connectivity index (χ0v) is 14.7. The molecule has 0 N–H and O–H groups in total. The van der Waals surface area contributed by atoms with Crippen LogP contribution in [0.25, 0.3) is 11.6 Å². The Kier molecular flexibility index (Phi) is 4.91. The molecule has 7 heteroatoms. The molecule has 0 saturated carbocycles. The predicted octanol–water partition coefficient (Wildman–Crippen LogP) is 3.22. The van der Waals surface area contributed by atoms with Crippen LogP contribution in [0.3, 0.4) is 0 Å². The highest BCUT2D eigenvalue weighted by atomic mass is 19.1. The summed E-state index contributed by atoms with van der Waals surface area (Å²) in [5, 5.41) is 4.09. The normalized spacial score (nSPS) is 17.1. The number of pyridine rings is 1. The summed E-state index contributed by atoms with van der Waals surface area (Å²) >= 11 is 0. The Morgan fingerprint density at radius 1 is 1.26 bits per heavy atom. The van der Waals surface area contributed by atoms with Crippen molar-refractivity contribution >= 4 is 5.91 Å². The van der Waals surface area contributed by atoms with Crippen LogP contribution in [0.5, 0.6) is 0 Å². The van der Waals surface area contributed by atoms with Crippen molar-refractivity contribution in [3.8, 4) is 11.6 Å². The van der Waals surface area contributed by atoms with E-state index in [4.69, 9.17) is 4.52 Å². The second-order valence-corrected chi connectivity index (χ2v) is 6.66. The molecule has 1 atom stereocenters. The van der Waals surface area contributed by atoms with E-state index < -0.39 is 0 Å². The third-order valence-corrected chi connectivity index (χ3v) is 4.71. The number of likely N-dealkylation sites (tertiary alicyclic amines) is 1. The van der Waals surface area contributed by atoms with Crippen molar-refractivity contribution in [3.05, 3.63) is 65.9 Å². The molecule has 138 valence electrons. The lowest BCUT2D eigenvalue weighted by Crippen LogP contribution is -2.40. The van der Waals surface area contributed by atoms with Gasteiger partial charge in [-0.2, -0.15) is 4.98 Å². The average Bonchev–Trinajstić information content (AvgIpc) is 3.19. The Labute approximate surface area is 156 Å². The highest BCUT2D eigenvalue weighted by Crippen LogP contribution is 2.27. The van der Waals surface area contributed by atoms with Gasteiger partial charge < -0.3 is 9.42 Å². The van der Waals surface area contributed by atoms with Gasteiger partial charge in [0.15, 0.2) is 5.82 Å². The fourth-order valence-electron chi connectivity index (χ4n) is 3.34. The van der Waals surface area contributed by atoms with Crippen molar-refractivity contribution in [2.75, 3.05) is 13.1 Å². The Bertz CT molecular complexity index is 928. The van der Waals surface area contributed by atoms with Crippen LogP contribution in [0.1, 0.15) is 30.1 Å². The molecule has 1 unspecified atom stereocenters. The van der Waals surface area contributed by atoms with Crippen LogP contribution in [-0.2, 0) is 11.2 Å². The Morgan fingerprint density at radius 2 is 2.19 bits per heavy atom. The number of amides is 1. The third kappa shape index (κ3) is 4.02. The highest BCUT2D eigenvalue weighted by molar-refractivity contribution is 5.79. The average molecular weight is 366 g/mol. The maximum Gasteiger partial charge on any atom is 0.276 e. The molecular formula is C20H19FN4O2. The smallest absolute Gasteiger partial charge is 0.276 e. The molecular weight excluding hydrogens is 347 g/mol. The molecule has 1 amide bonds. The van der Waals surface area contributed by atoms with E-state index in [1.807, 2.05) is 18.2 Å². The number of nitrogens with zero attached hydrogens (tertiary/aromatic N) is 4. The zero-order chi connectivity index (χ0) is 18.6. The molecule has 27 heavy (non-hydrogen) atoms. The van der Waals surface area contributed by atoms with Crippen LogP contribution in [0, 0.1) is 5.82 Å². The summed E-state index contributed by atoms with van der Waals surface area (Å²) in [7, 11) is 0. The number of carbonyl (C=O) groups is 1. The summed E-state index contributed by atoms with van der Waals surface area (Å²) in [4.78, 5) is 23.1. The van der Waals surface area contributed by atoms with Crippen molar-refractivity contribution in [3.63, 3.8) is 0 Å². The molecule has 4 rings (SSSR count). The minimum absolute atomic E-state index is 0.0151. The van der Waals surface area contributed by atoms with Crippen molar-refractivity contribution < 1.29 is 13.7 Å². The summed E-state index contributed by atoms with van der Waals surface area (Å²) in [6.07, 6.45) is 3.63. The fraction of sp³-hybridized carbons (Fsp3) is 0.300. The van der Waals surface area contributed by atoms with Gasteiger partial charge in [0.2, 0.25) is 5.91 Å². The van der Waals surface area contributed by atoms with Crippen molar-refractivity contribution in [2.24, 2.45) is 0 Å². The molecule has 1 aliphatic rings. The number of aromatic nitrogens is 3. The number of piperidine rings is 1. The van der Waals surface area contributed by atoms with E-state index in [9.17, 15) is 9.18 Å². The molecule has 6 nitrogen and oxygen atoms in total. The van der Waals surface area contributed by atoms with E-state index in [0.717, 1.165) is 12.8 Å². The van der Waals surface area contributed by atoms with Crippen LogP contribution in [-0.4, -0.2) is 39.0 Å². The van der Waals surface area contributed by atoms with Crippen molar-refractivity contribution in [1.29, 1.82) is 0 Å². The largest absolute Gasteiger partial charge is 0.342 e. The Balaban J connectivity index is 1.44. The molecule has 3 aromatic rings. The molecule has 1 fully saturated rings. The third-order valence-electron chi connectivity index (χ3n) is 4.71. The summed E-state index contributed by atoms with van der Waals surface area (Å²) < 4.78 is 18.7. The lowest BCUT2D eigenvalue weighted by molar-refractivity contribution is -0.131. The van der Waals surface area contributed by atoms with Gasteiger partial charge >= 0.3 is 0 Å². The fourth-order valence-corrected chi connectivity index (χ4v) is 3.34. The lowest BCUT2D eigenvalue weighted by Gasteiger charge is -2.31. The Hall–Kier alpha value is -3.09. The van der Waals surface area contributed by atoms with E-state index in [2.05, 4.69) is 15.1 Å². The second kappa shape index (κ2) is 7.65. The Morgan fingerprint density at radius 3 is 3.00 bits per heavy atom. The number of halogens is 1. The molecule has 3 heterocycles. The number of rotatable bonds is 4. The second-order valence-electron chi connectivity index (χ2n) is 6.66. The van der Waals surface area contributed by atoms with Crippen molar-refractivity contribution in [1.82, 2.24) is 20.0 Å². The quantitative estimate of drug-likeness (QED) is 0.709. The van der Waals surface area contributed by atoms with E-state index in [0.29, 0.717) is 36.1 Å². The van der Waals surface area contributed by atoms with Crippen LogP contribution < -0.4 is 0 Å². The first-order valence-electron chi connectivity index (χ1n) is 8.96. The first-order chi connectivity index (χ1) is 13.2. The van der Waals surface area contributed by atoms with Crippen LogP contribution in [0.2, 0.25) is 0 Å². The van der Waals surface area contributed by atoms with Crippen molar-refractivity contribution in [2.45, 2.75) is 25.2 Å². The summed E-state index contributed by atoms with van der Waals surface area (Å²) in [5.41, 5.74) is 1.31. The maximum atomic E-state index is 13.3. The van der Waals surface area contributed by atoms with E-state index in [1.54, 1.807) is 23.2 Å². The zero-order valence-electron chi connectivity index (χ0n) is 14.7. The van der Waals surface area contributed by atoms with E-state index in [1.165, 1.54) is 12.1 Å². The number of hydrogen-bond acceptors (Lipinski definition) is 5.